The Kier molecular flexibility index (Phi) is 7.96. The predicted molar refractivity (Wildman–Crippen MR) is 122 cm³/mol. The van der Waals surface area contributed by atoms with Crippen LogP contribution < -0.4 is 15.5 Å². The Morgan fingerprint density at radius 1 is 0.906 bits per heavy atom. The van der Waals surface area contributed by atoms with Gasteiger partial charge in [0, 0.05) is 10.6 Å². The summed E-state index contributed by atoms with van der Waals surface area (Å²) in [6.45, 7) is -0.240. The van der Waals surface area contributed by atoms with Crippen LogP contribution in [0.25, 0.3) is 0 Å². The average Bonchev–Trinajstić information content (AvgIpc) is 2.79. The Labute approximate surface area is 194 Å². The summed E-state index contributed by atoms with van der Waals surface area (Å²) < 4.78 is 5.29. The van der Waals surface area contributed by atoms with Gasteiger partial charge < -0.3 is 10.1 Å². The summed E-state index contributed by atoms with van der Waals surface area (Å²) in [7, 11) is 0. The molecule has 0 radical (unpaired) electrons. The standard InChI is InChI=1S/C23H17Cl2N3O4/c24-17-9-7-16(8-10-17)22(30)26-14-21(29)28-27-13-15-5-11-18(12-6-15)32-23(31)19-3-1-2-4-20(19)25/h1-13H,14H2,(H,26,30)(H,28,29). The third kappa shape index (κ3) is 6.66. The number of carbonyl (C=O) groups is 3. The van der Waals surface area contributed by atoms with Crippen molar-refractivity contribution in [3.8, 4) is 5.75 Å². The molecule has 0 aliphatic carbocycles. The molecule has 0 heterocycles. The Bertz CT molecular complexity index is 1150. The van der Waals surface area contributed by atoms with Gasteiger partial charge in [-0.15, -0.1) is 0 Å². The molecule has 2 N–H and O–H groups in total. The molecule has 7 nitrogen and oxygen atoms in total. The molecule has 0 aliphatic heterocycles. The van der Waals surface area contributed by atoms with Gasteiger partial charge in [-0.25, -0.2) is 10.2 Å². The lowest BCUT2D eigenvalue weighted by atomic mass is 10.2. The fraction of sp³-hybridized carbons (Fsp3) is 0.0435. The highest BCUT2D eigenvalue weighted by Crippen LogP contribution is 2.19. The van der Waals surface area contributed by atoms with Gasteiger partial charge in [-0.05, 0) is 66.2 Å². The maximum atomic E-state index is 12.2. The predicted octanol–water partition coefficient (Wildman–Crippen LogP) is 4.09. The van der Waals surface area contributed by atoms with Gasteiger partial charge in [-0.2, -0.15) is 5.10 Å². The van der Waals surface area contributed by atoms with Crippen molar-refractivity contribution in [3.05, 3.63) is 99.5 Å². The maximum absolute atomic E-state index is 12.2. The first kappa shape index (κ1) is 23.0. The first-order valence-corrected chi connectivity index (χ1v) is 10.1. The van der Waals surface area contributed by atoms with Crippen molar-refractivity contribution in [3.63, 3.8) is 0 Å². The molecule has 0 aromatic heterocycles. The van der Waals surface area contributed by atoms with E-state index >= 15 is 0 Å². The van der Waals surface area contributed by atoms with Gasteiger partial charge in [0.2, 0.25) is 0 Å². The van der Waals surface area contributed by atoms with Crippen LogP contribution in [0.15, 0.2) is 77.9 Å². The molecule has 32 heavy (non-hydrogen) atoms. The number of esters is 1. The van der Waals surface area contributed by atoms with Gasteiger partial charge >= 0.3 is 5.97 Å². The fourth-order valence-corrected chi connectivity index (χ4v) is 2.83. The van der Waals surface area contributed by atoms with E-state index in [-0.39, 0.29) is 12.1 Å². The smallest absolute Gasteiger partial charge is 0.345 e. The number of nitrogens with one attached hydrogen (secondary N) is 2. The third-order valence-corrected chi connectivity index (χ3v) is 4.68. The Hall–Kier alpha value is -3.68. The van der Waals surface area contributed by atoms with Crippen LogP contribution in [0.2, 0.25) is 10.0 Å². The van der Waals surface area contributed by atoms with Gasteiger partial charge in [-0.3, -0.25) is 9.59 Å². The SMILES string of the molecule is O=C(CNC(=O)c1ccc(Cl)cc1)NN=Cc1ccc(OC(=O)c2ccccc2Cl)cc1. The number of halogens is 2. The lowest BCUT2D eigenvalue weighted by Gasteiger charge is -2.06. The topological polar surface area (TPSA) is 96.9 Å². The molecule has 0 bridgehead atoms. The Morgan fingerprint density at radius 3 is 2.28 bits per heavy atom. The van der Waals surface area contributed by atoms with Crippen molar-refractivity contribution in [1.82, 2.24) is 10.7 Å². The molecule has 3 rings (SSSR count). The van der Waals surface area contributed by atoms with Crippen molar-refractivity contribution in [2.45, 2.75) is 0 Å². The van der Waals surface area contributed by atoms with Gasteiger partial charge in [0.25, 0.3) is 11.8 Å². The zero-order valence-electron chi connectivity index (χ0n) is 16.5. The monoisotopic (exact) mass is 469 g/mol. The Morgan fingerprint density at radius 2 is 1.59 bits per heavy atom. The van der Waals surface area contributed by atoms with Crippen LogP contribution in [-0.2, 0) is 4.79 Å². The summed E-state index contributed by atoms with van der Waals surface area (Å²) in [5.41, 5.74) is 3.64. The minimum atomic E-state index is -0.565. The fourth-order valence-electron chi connectivity index (χ4n) is 2.49. The summed E-state index contributed by atoms with van der Waals surface area (Å²) in [6, 6.07) is 19.4. The molecule has 2 amide bonds. The van der Waals surface area contributed by atoms with E-state index in [2.05, 4.69) is 15.8 Å². The van der Waals surface area contributed by atoms with Crippen LogP contribution in [-0.4, -0.2) is 30.5 Å². The van der Waals surface area contributed by atoms with Crippen LogP contribution in [0.1, 0.15) is 26.3 Å². The number of nitrogens with zero attached hydrogens (tertiary/aromatic N) is 1. The zero-order valence-corrected chi connectivity index (χ0v) is 18.1. The molecule has 0 atom stereocenters. The number of ether oxygens (including phenoxy) is 1. The van der Waals surface area contributed by atoms with Crippen LogP contribution in [0.3, 0.4) is 0 Å². The van der Waals surface area contributed by atoms with Crippen LogP contribution >= 0.6 is 23.2 Å². The molecule has 0 fully saturated rings. The molecule has 0 saturated heterocycles. The number of rotatable bonds is 7. The number of benzene rings is 3. The molecule has 3 aromatic rings. The third-order valence-electron chi connectivity index (χ3n) is 4.10. The highest BCUT2D eigenvalue weighted by atomic mass is 35.5. The van der Waals surface area contributed by atoms with Crippen molar-refractivity contribution in [1.29, 1.82) is 0 Å². The highest BCUT2D eigenvalue weighted by Gasteiger charge is 2.12. The van der Waals surface area contributed by atoms with E-state index in [1.807, 2.05) is 0 Å². The van der Waals surface area contributed by atoms with E-state index in [0.29, 0.717) is 26.9 Å². The minimum absolute atomic E-state index is 0.240. The van der Waals surface area contributed by atoms with E-state index < -0.39 is 17.8 Å². The van der Waals surface area contributed by atoms with Crippen molar-refractivity contribution in [2.24, 2.45) is 5.10 Å². The number of amides is 2. The Balaban J connectivity index is 1.45. The van der Waals surface area contributed by atoms with Crippen molar-refractivity contribution >= 4 is 47.2 Å². The second-order valence-electron chi connectivity index (χ2n) is 6.42. The largest absolute Gasteiger partial charge is 0.423 e. The molecule has 0 saturated carbocycles. The van der Waals surface area contributed by atoms with Crippen LogP contribution in [0.4, 0.5) is 0 Å². The summed E-state index contributed by atoms with van der Waals surface area (Å²) in [5, 5.41) is 7.14. The van der Waals surface area contributed by atoms with E-state index in [4.69, 9.17) is 27.9 Å². The number of carbonyl (C=O) groups excluding carboxylic acids is 3. The number of hydrazone groups is 1. The molecular formula is C23H17Cl2N3O4. The van der Waals surface area contributed by atoms with Gasteiger partial charge in [0.15, 0.2) is 0 Å². The molecule has 0 aliphatic rings. The van der Waals surface area contributed by atoms with Gasteiger partial charge in [0.05, 0.1) is 23.3 Å². The summed E-state index contributed by atoms with van der Waals surface area (Å²) in [6.07, 6.45) is 1.42. The van der Waals surface area contributed by atoms with E-state index in [1.54, 1.807) is 72.8 Å². The quantitative estimate of drug-likeness (QED) is 0.235. The summed E-state index contributed by atoms with van der Waals surface area (Å²) in [4.78, 5) is 36.0. The molecular weight excluding hydrogens is 453 g/mol. The molecule has 3 aromatic carbocycles. The van der Waals surface area contributed by atoms with Crippen molar-refractivity contribution in [2.75, 3.05) is 6.54 Å². The normalized spacial score (nSPS) is 10.6. The maximum Gasteiger partial charge on any atom is 0.345 e. The van der Waals surface area contributed by atoms with Crippen LogP contribution in [0, 0.1) is 0 Å². The molecule has 9 heteroatoms. The zero-order chi connectivity index (χ0) is 22.9. The second-order valence-corrected chi connectivity index (χ2v) is 7.26. The summed E-state index contributed by atoms with van der Waals surface area (Å²) in [5.74, 6) is -1.12. The first-order valence-electron chi connectivity index (χ1n) is 9.35. The highest BCUT2D eigenvalue weighted by molar-refractivity contribution is 6.33. The van der Waals surface area contributed by atoms with Gasteiger partial charge in [0.1, 0.15) is 5.75 Å². The molecule has 0 spiro atoms. The van der Waals surface area contributed by atoms with Crippen molar-refractivity contribution < 1.29 is 19.1 Å². The van der Waals surface area contributed by atoms with E-state index in [0.717, 1.165) is 0 Å². The molecule has 162 valence electrons. The number of hydrogen-bond donors (Lipinski definition) is 2. The van der Waals surface area contributed by atoms with Crippen LogP contribution in [0.5, 0.6) is 5.75 Å². The lowest BCUT2D eigenvalue weighted by Crippen LogP contribution is -2.34. The second kappa shape index (κ2) is 11.1. The average molecular weight is 470 g/mol. The molecule has 0 unspecified atom stereocenters. The first-order chi connectivity index (χ1) is 15.4. The van der Waals surface area contributed by atoms with E-state index in [9.17, 15) is 14.4 Å². The van der Waals surface area contributed by atoms with Gasteiger partial charge in [-0.1, -0.05) is 35.3 Å². The number of hydrogen-bond acceptors (Lipinski definition) is 5. The van der Waals surface area contributed by atoms with E-state index in [1.165, 1.54) is 6.21 Å². The minimum Gasteiger partial charge on any atom is -0.423 e. The summed E-state index contributed by atoms with van der Waals surface area (Å²) >= 11 is 11.8. The lowest BCUT2D eigenvalue weighted by molar-refractivity contribution is -0.120.